The maximum atomic E-state index is 11.8. The van der Waals surface area contributed by atoms with E-state index in [-0.39, 0.29) is 11.8 Å². The number of likely N-dealkylation sites (tertiary alicyclic amines) is 1. The molecule has 1 unspecified atom stereocenters. The summed E-state index contributed by atoms with van der Waals surface area (Å²) >= 11 is 0. The summed E-state index contributed by atoms with van der Waals surface area (Å²) in [7, 11) is 0. The van der Waals surface area contributed by atoms with Crippen LogP contribution in [0.3, 0.4) is 0 Å². The first kappa shape index (κ1) is 15.0. The van der Waals surface area contributed by atoms with Gasteiger partial charge in [0.25, 0.3) is 0 Å². The van der Waals surface area contributed by atoms with E-state index in [1.165, 1.54) is 6.42 Å². The largest absolute Gasteiger partial charge is 0.354 e. The fourth-order valence-corrected chi connectivity index (χ4v) is 1.95. The van der Waals surface area contributed by atoms with E-state index in [1.807, 2.05) is 11.8 Å². The predicted molar refractivity (Wildman–Crippen MR) is 70.9 cm³/mol. The minimum Gasteiger partial charge on any atom is -0.354 e. The number of amides is 2. The van der Waals surface area contributed by atoms with Gasteiger partial charge in [-0.15, -0.1) is 0 Å². The average Bonchev–Trinajstić information content (AvgIpc) is 2.39. The molecule has 5 nitrogen and oxygen atoms in total. The Morgan fingerprint density at radius 1 is 1.28 bits per heavy atom. The first-order valence-corrected chi connectivity index (χ1v) is 6.82. The quantitative estimate of drug-likeness (QED) is 0.756. The number of piperidine rings is 1. The van der Waals surface area contributed by atoms with Crippen molar-refractivity contribution in [3.63, 3.8) is 0 Å². The van der Waals surface area contributed by atoms with Crippen LogP contribution in [0.15, 0.2) is 0 Å². The van der Waals surface area contributed by atoms with Crippen molar-refractivity contribution in [2.75, 3.05) is 19.6 Å². The highest BCUT2D eigenvalue weighted by Crippen LogP contribution is 2.09. The molecule has 0 aromatic carbocycles. The molecule has 0 radical (unpaired) electrons. The zero-order chi connectivity index (χ0) is 13.6. The van der Waals surface area contributed by atoms with Crippen LogP contribution >= 0.6 is 0 Å². The lowest BCUT2D eigenvalue weighted by Gasteiger charge is -2.27. The van der Waals surface area contributed by atoms with Crippen LogP contribution in [0.1, 0.15) is 46.0 Å². The van der Waals surface area contributed by atoms with Crippen molar-refractivity contribution in [3.05, 3.63) is 0 Å². The van der Waals surface area contributed by atoms with Crippen LogP contribution in [0, 0.1) is 0 Å². The number of carbonyl (C=O) groups is 2. The van der Waals surface area contributed by atoms with Crippen LogP contribution in [-0.2, 0) is 9.59 Å². The summed E-state index contributed by atoms with van der Waals surface area (Å²) in [4.78, 5) is 25.4. The third kappa shape index (κ3) is 4.29. The zero-order valence-corrected chi connectivity index (χ0v) is 11.5. The van der Waals surface area contributed by atoms with Crippen LogP contribution in [0.25, 0.3) is 0 Å². The molecule has 1 aliphatic rings. The molecule has 1 aliphatic heterocycles. The highest BCUT2D eigenvalue weighted by atomic mass is 16.2. The Morgan fingerprint density at radius 2 is 1.89 bits per heavy atom. The van der Waals surface area contributed by atoms with Crippen molar-refractivity contribution in [2.24, 2.45) is 5.73 Å². The van der Waals surface area contributed by atoms with Gasteiger partial charge < -0.3 is 16.0 Å². The molecule has 1 saturated heterocycles. The number of hydrogen-bond acceptors (Lipinski definition) is 3. The van der Waals surface area contributed by atoms with Crippen molar-refractivity contribution in [1.82, 2.24) is 10.2 Å². The molecule has 18 heavy (non-hydrogen) atoms. The molecule has 1 rings (SSSR count). The minimum atomic E-state index is -0.839. The first-order valence-electron chi connectivity index (χ1n) is 6.82. The van der Waals surface area contributed by atoms with Gasteiger partial charge in [0, 0.05) is 26.1 Å². The maximum absolute atomic E-state index is 11.8. The fourth-order valence-electron chi connectivity index (χ4n) is 1.95. The van der Waals surface area contributed by atoms with E-state index in [9.17, 15) is 9.59 Å². The van der Waals surface area contributed by atoms with Crippen molar-refractivity contribution in [3.8, 4) is 0 Å². The van der Waals surface area contributed by atoms with Gasteiger partial charge >= 0.3 is 0 Å². The number of nitrogens with two attached hydrogens (primary N) is 1. The van der Waals surface area contributed by atoms with E-state index >= 15 is 0 Å². The number of rotatable bonds is 5. The smallest absolute Gasteiger partial charge is 0.239 e. The molecule has 0 aliphatic carbocycles. The van der Waals surface area contributed by atoms with E-state index in [2.05, 4.69) is 5.32 Å². The Morgan fingerprint density at radius 3 is 2.44 bits per heavy atom. The number of hydrogen-bond donors (Lipinski definition) is 2. The zero-order valence-electron chi connectivity index (χ0n) is 11.5. The molecule has 1 atom stereocenters. The third-order valence-corrected chi connectivity index (χ3v) is 3.59. The molecular formula is C13H25N3O2. The standard InChI is InChI=1S/C13H25N3O2/c1-3-13(2,14)12(18)15-8-7-11(17)16-9-5-4-6-10-16/h3-10,14H2,1-2H3,(H,15,18). The monoisotopic (exact) mass is 255 g/mol. The van der Waals surface area contributed by atoms with Gasteiger partial charge in [0.15, 0.2) is 0 Å². The molecule has 0 spiro atoms. The summed E-state index contributed by atoms with van der Waals surface area (Å²) < 4.78 is 0. The molecular weight excluding hydrogens is 230 g/mol. The summed E-state index contributed by atoms with van der Waals surface area (Å²) in [5.41, 5.74) is 4.97. The maximum Gasteiger partial charge on any atom is 0.239 e. The van der Waals surface area contributed by atoms with Gasteiger partial charge in [0.1, 0.15) is 0 Å². The van der Waals surface area contributed by atoms with E-state index in [1.54, 1.807) is 6.92 Å². The van der Waals surface area contributed by atoms with E-state index < -0.39 is 5.54 Å². The minimum absolute atomic E-state index is 0.130. The molecule has 0 aromatic heterocycles. The molecule has 0 saturated carbocycles. The van der Waals surface area contributed by atoms with Crippen molar-refractivity contribution < 1.29 is 9.59 Å². The Balaban J connectivity index is 2.24. The van der Waals surface area contributed by atoms with Gasteiger partial charge in [-0.1, -0.05) is 6.92 Å². The second-order valence-electron chi connectivity index (χ2n) is 5.22. The number of carbonyl (C=O) groups excluding carboxylic acids is 2. The molecule has 5 heteroatoms. The normalized spacial score (nSPS) is 19.2. The lowest BCUT2D eigenvalue weighted by Crippen LogP contribution is -2.51. The Labute approximate surface area is 109 Å². The molecule has 0 aromatic rings. The first-order chi connectivity index (χ1) is 8.47. The lowest BCUT2D eigenvalue weighted by atomic mass is 9.99. The molecule has 3 N–H and O–H groups in total. The Hall–Kier alpha value is -1.10. The second kappa shape index (κ2) is 6.73. The van der Waals surface area contributed by atoms with E-state index in [0.29, 0.717) is 19.4 Å². The summed E-state index contributed by atoms with van der Waals surface area (Å²) in [6.07, 6.45) is 4.34. The van der Waals surface area contributed by atoms with Crippen LogP contribution in [0.2, 0.25) is 0 Å². The van der Waals surface area contributed by atoms with Gasteiger partial charge in [-0.05, 0) is 32.6 Å². The highest BCUT2D eigenvalue weighted by Gasteiger charge is 2.25. The summed E-state index contributed by atoms with van der Waals surface area (Å²) in [6.45, 7) is 5.67. The average molecular weight is 255 g/mol. The van der Waals surface area contributed by atoms with Gasteiger partial charge in [0.05, 0.1) is 5.54 Å². The van der Waals surface area contributed by atoms with Crippen molar-refractivity contribution in [1.29, 1.82) is 0 Å². The summed E-state index contributed by atoms with van der Waals surface area (Å²) in [5, 5.41) is 2.73. The SMILES string of the molecule is CCC(C)(N)C(=O)NCCC(=O)N1CCCCC1. The Bertz CT molecular complexity index is 297. The van der Waals surface area contributed by atoms with Crippen LogP contribution in [0.5, 0.6) is 0 Å². The van der Waals surface area contributed by atoms with Gasteiger partial charge in [-0.25, -0.2) is 0 Å². The molecule has 1 heterocycles. The topological polar surface area (TPSA) is 75.4 Å². The molecule has 0 bridgehead atoms. The van der Waals surface area contributed by atoms with Crippen molar-refractivity contribution in [2.45, 2.75) is 51.5 Å². The van der Waals surface area contributed by atoms with Gasteiger partial charge in [0.2, 0.25) is 11.8 Å². The van der Waals surface area contributed by atoms with Gasteiger partial charge in [-0.2, -0.15) is 0 Å². The summed E-state index contributed by atoms with van der Waals surface area (Å²) in [6, 6.07) is 0. The van der Waals surface area contributed by atoms with Crippen LogP contribution in [0.4, 0.5) is 0 Å². The van der Waals surface area contributed by atoms with Gasteiger partial charge in [-0.3, -0.25) is 9.59 Å². The van der Waals surface area contributed by atoms with Crippen molar-refractivity contribution >= 4 is 11.8 Å². The molecule has 104 valence electrons. The third-order valence-electron chi connectivity index (χ3n) is 3.59. The highest BCUT2D eigenvalue weighted by molar-refractivity contribution is 5.86. The second-order valence-corrected chi connectivity index (χ2v) is 5.22. The molecule has 1 fully saturated rings. The predicted octanol–water partition coefficient (Wildman–Crippen LogP) is 0.633. The molecule has 2 amide bonds. The van der Waals surface area contributed by atoms with Crippen LogP contribution in [-0.4, -0.2) is 41.9 Å². The number of nitrogens with one attached hydrogen (secondary N) is 1. The lowest BCUT2D eigenvalue weighted by molar-refractivity contribution is -0.132. The fraction of sp³-hybridized carbons (Fsp3) is 0.846. The van der Waals surface area contributed by atoms with Crippen LogP contribution < -0.4 is 11.1 Å². The number of nitrogens with zero attached hydrogens (tertiary/aromatic N) is 1. The van der Waals surface area contributed by atoms with E-state index in [4.69, 9.17) is 5.73 Å². The van der Waals surface area contributed by atoms with E-state index in [0.717, 1.165) is 25.9 Å². The Kier molecular flexibility index (Phi) is 5.59. The summed E-state index contributed by atoms with van der Waals surface area (Å²) in [5.74, 6) is -0.0540.